The number of halogens is 3. The minimum Gasteiger partial charge on any atom is -1.00 e. The maximum atomic E-state index is 12.0. The summed E-state index contributed by atoms with van der Waals surface area (Å²) in [4.78, 5) is 56.7. The molecule has 1 aliphatic carbocycles. The summed E-state index contributed by atoms with van der Waals surface area (Å²) in [6.45, 7) is 3.83. The third-order valence-corrected chi connectivity index (χ3v) is 8.49. The van der Waals surface area contributed by atoms with Crippen molar-refractivity contribution in [2.24, 2.45) is 11.8 Å². The van der Waals surface area contributed by atoms with Crippen molar-refractivity contribution in [1.29, 1.82) is 0 Å². The molecule has 0 N–H and O–H groups in total. The zero-order valence-corrected chi connectivity index (χ0v) is 36.9. The normalized spacial score (nSPS) is 16.0. The average Bonchev–Trinajstić information content (AvgIpc) is 3.05. The molecule has 0 saturated carbocycles. The average molecular weight is 880 g/mol. The van der Waals surface area contributed by atoms with Gasteiger partial charge >= 0.3 is 115 Å². The second-order valence-electron chi connectivity index (χ2n) is 9.25. The molecule has 0 aromatic carbocycles. The fourth-order valence-corrected chi connectivity index (χ4v) is 5.44. The summed E-state index contributed by atoms with van der Waals surface area (Å²) in [5.74, 6) is 0.401. The van der Waals surface area contributed by atoms with Gasteiger partial charge in [-0.3, -0.25) is 14.4 Å². The Morgan fingerprint density at radius 1 is 1.00 bits per heavy atom. The molecule has 242 valence electrons. The number of ketones is 1. The van der Waals surface area contributed by atoms with Gasteiger partial charge in [-0.2, -0.15) is 0 Å². The Labute approximate surface area is 374 Å². The molecule has 0 amide bonds. The van der Waals surface area contributed by atoms with Crippen LogP contribution in [0.2, 0.25) is 0 Å². The van der Waals surface area contributed by atoms with Crippen molar-refractivity contribution < 1.29 is 152 Å². The SMILES string of the molecule is BrCC1CCOCC1.COC(=O)C1=CCC(=O)C(Br)=C1.COC(=O)c1cc(Br)c(=O)n(CC2CCOCC2)c1.O=CO[O-].[H-].[K+].[K+]. The topological polar surface area (TPSA) is 159 Å². The number of allylic oxidation sites excluding steroid dienone is 2. The first-order chi connectivity index (χ1) is 20.6. The van der Waals surface area contributed by atoms with Crippen molar-refractivity contribution in [3.05, 3.63) is 54.9 Å². The van der Waals surface area contributed by atoms with Crippen LogP contribution in [0.3, 0.4) is 0 Å². The van der Waals surface area contributed by atoms with Crippen LogP contribution in [0.4, 0.5) is 0 Å². The van der Waals surface area contributed by atoms with Crippen molar-refractivity contribution in [2.75, 3.05) is 46.0 Å². The van der Waals surface area contributed by atoms with Gasteiger partial charge in [-0.1, -0.05) is 22.0 Å². The predicted molar refractivity (Wildman–Crippen MR) is 166 cm³/mol. The van der Waals surface area contributed by atoms with Crippen LogP contribution in [-0.4, -0.2) is 74.7 Å². The van der Waals surface area contributed by atoms with Gasteiger partial charge in [0.05, 0.1) is 34.3 Å². The zero-order valence-electron chi connectivity index (χ0n) is 26.9. The van der Waals surface area contributed by atoms with Crippen LogP contribution in [0.25, 0.3) is 0 Å². The Kier molecular flexibility index (Phi) is 31.0. The predicted octanol–water partition coefficient (Wildman–Crippen LogP) is -2.48. The van der Waals surface area contributed by atoms with Gasteiger partial charge in [-0.05, 0) is 81.5 Å². The second-order valence-corrected chi connectivity index (χ2v) is 11.6. The Hall–Kier alpha value is 1.10. The number of ether oxygens (including phenoxy) is 4. The van der Waals surface area contributed by atoms with Crippen LogP contribution in [0.5, 0.6) is 0 Å². The molecule has 0 bridgehead atoms. The monoisotopic (exact) mass is 877 g/mol. The van der Waals surface area contributed by atoms with Crippen molar-refractivity contribution in [3.63, 3.8) is 0 Å². The summed E-state index contributed by atoms with van der Waals surface area (Å²) in [6.07, 6.45) is 9.20. The van der Waals surface area contributed by atoms with Gasteiger partial charge in [0, 0.05) is 50.9 Å². The second kappa shape index (κ2) is 28.9. The van der Waals surface area contributed by atoms with E-state index in [1.165, 1.54) is 39.2 Å². The van der Waals surface area contributed by atoms with Crippen LogP contribution in [-0.2, 0) is 44.8 Å². The molecule has 2 fully saturated rings. The molecule has 17 heteroatoms. The van der Waals surface area contributed by atoms with Crippen molar-refractivity contribution in [1.82, 2.24) is 4.57 Å². The summed E-state index contributed by atoms with van der Waals surface area (Å²) in [5, 5.41) is 9.58. The zero-order chi connectivity index (χ0) is 32.2. The first kappa shape index (κ1) is 48.2. The van der Waals surface area contributed by atoms with Crippen molar-refractivity contribution in [2.45, 2.75) is 38.6 Å². The Bertz CT molecular complexity index is 1190. The summed E-state index contributed by atoms with van der Waals surface area (Å²) in [7, 11) is 2.63. The maximum absolute atomic E-state index is 12.0. The number of alkyl halides is 1. The third kappa shape index (κ3) is 19.8. The minimum atomic E-state index is -0.443. The fourth-order valence-electron chi connectivity index (χ4n) is 3.91. The van der Waals surface area contributed by atoms with Crippen LogP contribution in [0.15, 0.2) is 43.7 Å². The number of pyridine rings is 1. The number of aromatic nitrogens is 1. The van der Waals surface area contributed by atoms with Gasteiger partial charge in [-0.15, -0.1) is 0 Å². The van der Waals surface area contributed by atoms with E-state index in [2.05, 4.69) is 62.2 Å². The molecule has 1 aromatic heterocycles. The summed E-state index contributed by atoms with van der Waals surface area (Å²) < 4.78 is 22.0. The standard InChI is InChI=1S/C13H16BrNO4.C8H7BrO3.C6H11BrO.CH2O3.2K.H/c1-18-13(17)10-6-11(14)12(16)15(8-10)7-9-2-4-19-5-3-9;1-12-8(11)5-2-3-7(10)6(9)4-5;7-5-6-1-3-8-4-2-6;2-1-4-3;;;/h6,8-9H,2-5,7H2,1H3;2,4H,3H2,1H3;6H,1-5H2;1,3H;;;/q;;;;2*+1;-1/p-1. The van der Waals surface area contributed by atoms with Crippen LogP contribution < -0.4 is 114 Å². The minimum absolute atomic E-state index is 0. The molecule has 2 saturated heterocycles. The molecule has 2 aliphatic heterocycles. The molecule has 0 atom stereocenters. The Morgan fingerprint density at radius 2 is 1.51 bits per heavy atom. The molecule has 3 heterocycles. The molecule has 0 radical (unpaired) electrons. The van der Waals surface area contributed by atoms with E-state index in [9.17, 15) is 19.2 Å². The van der Waals surface area contributed by atoms with Gasteiger partial charge in [0.15, 0.2) is 5.78 Å². The number of carbonyl (C=O) groups excluding carboxylic acids is 4. The molecule has 45 heavy (non-hydrogen) atoms. The van der Waals surface area contributed by atoms with Crippen LogP contribution >= 0.6 is 47.8 Å². The molecule has 4 rings (SSSR count). The van der Waals surface area contributed by atoms with Crippen LogP contribution in [0, 0.1) is 11.8 Å². The number of carbonyl (C=O) groups is 4. The smallest absolute Gasteiger partial charge is 1.00 e. The molecule has 0 unspecified atom stereocenters. The van der Waals surface area contributed by atoms with Gasteiger partial charge in [0.2, 0.25) is 0 Å². The molecule has 0 spiro atoms. The number of esters is 2. The van der Waals surface area contributed by atoms with E-state index >= 15 is 0 Å². The largest absolute Gasteiger partial charge is 1.00 e. The van der Waals surface area contributed by atoms with E-state index in [0.717, 1.165) is 50.5 Å². The molecule has 12 nitrogen and oxygen atoms in total. The fraction of sp³-hybridized carbons (Fsp3) is 0.536. The molecule has 1 aromatic rings. The number of hydrogen-bond acceptors (Lipinski definition) is 11. The number of nitrogens with zero attached hydrogens (tertiary/aromatic N) is 1. The number of hydrogen-bond donors (Lipinski definition) is 0. The first-order valence-electron chi connectivity index (χ1n) is 13.2. The Morgan fingerprint density at radius 3 is 1.93 bits per heavy atom. The summed E-state index contributed by atoms with van der Waals surface area (Å²) >= 11 is 9.70. The number of rotatable bonds is 6. The van der Waals surface area contributed by atoms with E-state index in [1.807, 2.05) is 0 Å². The first-order valence-corrected chi connectivity index (χ1v) is 15.9. The third-order valence-electron chi connectivity index (χ3n) is 6.33. The quantitative estimate of drug-likeness (QED) is 0.0745. The van der Waals surface area contributed by atoms with Gasteiger partial charge in [0.1, 0.15) is 0 Å². The molecule has 3 aliphatic rings. The number of Topliss-reactive ketones (excluding diaryl/α,β-unsaturated/α-hetero) is 1. The van der Waals surface area contributed by atoms with E-state index in [-0.39, 0.29) is 128 Å². The van der Waals surface area contributed by atoms with Crippen LogP contribution in [0.1, 0.15) is 43.9 Å². The van der Waals surface area contributed by atoms with Gasteiger partial charge in [-0.25, -0.2) is 9.59 Å². The van der Waals surface area contributed by atoms with E-state index < -0.39 is 11.9 Å². The number of methoxy groups -OCH3 is 2. The van der Waals surface area contributed by atoms with E-state index in [0.29, 0.717) is 32.6 Å². The van der Waals surface area contributed by atoms with Gasteiger partial charge < -0.3 is 35.1 Å². The van der Waals surface area contributed by atoms with Gasteiger partial charge in [0.25, 0.3) is 12.0 Å². The van der Waals surface area contributed by atoms with E-state index in [1.54, 1.807) is 16.8 Å². The Balaban J connectivity index is -0.000000592. The van der Waals surface area contributed by atoms with Crippen molar-refractivity contribution in [3.8, 4) is 0 Å². The maximum Gasteiger partial charge on any atom is 1.00 e. The molecular formula is C28H36Br3K2NO11. The van der Waals surface area contributed by atoms with E-state index in [4.69, 9.17) is 19.5 Å². The van der Waals surface area contributed by atoms with Crippen molar-refractivity contribution >= 4 is 72.0 Å². The summed E-state index contributed by atoms with van der Waals surface area (Å²) in [6, 6.07) is 1.49. The summed E-state index contributed by atoms with van der Waals surface area (Å²) in [5.41, 5.74) is 0.671. The molecular weight excluding hydrogens is 844 g/mol.